The van der Waals surface area contributed by atoms with E-state index < -0.39 is 11.9 Å². The Balaban J connectivity index is 4.47. The predicted molar refractivity (Wildman–Crippen MR) is 57.1 cm³/mol. The summed E-state index contributed by atoms with van der Waals surface area (Å²) < 4.78 is 0.631. The maximum absolute atomic E-state index is 11.3. The third-order valence-electron chi connectivity index (χ3n) is 1.66. The zero-order valence-corrected chi connectivity index (χ0v) is 9.64. The van der Waals surface area contributed by atoms with E-state index >= 15 is 0 Å². The summed E-state index contributed by atoms with van der Waals surface area (Å²) in [6.07, 6.45) is 0. The highest BCUT2D eigenvalue weighted by Crippen LogP contribution is 2.04. The molecule has 1 amide bonds. The van der Waals surface area contributed by atoms with Gasteiger partial charge in [-0.1, -0.05) is 22.5 Å². The molecular weight excluding hydrogens is 250 g/mol. The van der Waals surface area contributed by atoms with Gasteiger partial charge in [0.05, 0.1) is 0 Å². The summed E-state index contributed by atoms with van der Waals surface area (Å²) in [6.45, 7) is 6.67. The van der Waals surface area contributed by atoms with E-state index in [1.807, 2.05) is 0 Å². The van der Waals surface area contributed by atoms with Crippen molar-refractivity contribution in [3.63, 3.8) is 0 Å². The maximum Gasteiger partial charge on any atom is 0.331 e. The minimum atomic E-state index is -1.09. The molecule has 0 radical (unpaired) electrons. The van der Waals surface area contributed by atoms with Gasteiger partial charge in [-0.05, 0) is 13.8 Å². The number of hydrogen-bond donors (Lipinski definition) is 2. The molecule has 2 N–H and O–H groups in total. The minimum absolute atomic E-state index is 0.0442. The third-order valence-corrected chi connectivity index (χ3v) is 1.95. The number of carboxylic acids is 1. The van der Waals surface area contributed by atoms with Crippen LogP contribution in [-0.2, 0) is 9.59 Å². The van der Waals surface area contributed by atoms with E-state index in [-0.39, 0.29) is 17.7 Å². The molecule has 0 unspecified atom stereocenters. The van der Waals surface area contributed by atoms with Crippen LogP contribution in [0.3, 0.4) is 0 Å². The van der Waals surface area contributed by atoms with Crippen molar-refractivity contribution in [3.8, 4) is 0 Å². The predicted octanol–water partition coefficient (Wildman–Crippen LogP) is 1.43. The summed E-state index contributed by atoms with van der Waals surface area (Å²) in [5.74, 6) is -1.49. The molecule has 0 aromatic rings. The number of halogens is 1. The number of nitrogens with one attached hydrogen (secondary N) is 1. The Morgan fingerprint density at radius 1 is 1.36 bits per heavy atom. The molecule has 4 nitrogen and oxygen atoms in total. The molecule has 0 atom stereocenters. The number of carbonyl (C=O) groups excluding carboxylic acids is 1. The summed E-state index contributed by atoms with van der Waals surface area (Å²) >= 11 is 3.08. The van der Waals surface area contributed by atoms with E-state index in [9.17, 15) is 9.59 Å². The number of carbonyl (C=O) groups is 2. The van der Waals surface area contributed by atoms with Gasteiger partial charge in [0.2, 0.25) is 5.91 Å². The van der Waals surface area contributed by atoms with Crippen LogP contribution in [0.15, 0.2) is 22.2 Å². The second-order valence-electron chi connectivity index (χ2n) is 2.76. The Kier molecular flexibility index (Phi) is 5.15. The average molecular weight is 262 g/mol. The van der Waals surface area contributed by atoms with Crippen molar-refractivity contribution in [1.29, 1.82) is 0 Å². The summed E-state index contributed by atoms with van der Waals surface area (Å²) in [4.78, 5) is 21.8. The van der Waals surface area contributed by atoms with Crippen LogP contribution in [0.4, 0.5) is 0 Å². The molecule has 0 rings (SSSR count). The van der Waals surface area contributed by atoms with Gasteiger partial charge in [0.25, 0.3) is 0 Å². The zero-order chi connectivity index (χ0) is 11.3. The van der Waals surface area contributed by atoms with Crippen molar-refractivity contribution in [2.45, 2.75) is 13.8 Å². The SMILES string of the molecule is C=C(Br)CNC(=O)C(C)=C(C)C(=O)O. The van der Waals surface area contributed by atoms with Gasteiger partial charge in [-0.2, -0.15) is 0 Å². The van der Waals surface area contributed by atoms with Crippen LogP contribution in [0.25, 0.3) is 0 Å². The van der Waals surface area contributed by atoms with E-state index in [2.05, 4.69) is 27.8 Å². The van der Waals surface area contributed by atoms with Gasteiger partial charge in [0.1, 0.15) is 0 Å². The number of hydrogen-bond acceptors (Lipinski definition) is 2. The van der Waals surface area contributed by atoms with Gasteiger partial charge in [0.15, 0.2) is 0 Å². The van der Waals surface area contributed by atoms with Crippen molar-refractivity contribution in [2.75, 3.05) is 6.54 Å². The van der Waals surface area contributed by atoms with Gasteiger partial charge < -0.3 is 10.4 Å². The molecule has 0 spiro atoms. The van der Waals surface area contributed by atoms with Crippen molar-refractivity contribution >= 4 is 27.8 Å². The Bertz CT molecular complexity index is 307. The first-order chi connectivity index (χ1) is 6.36. The molecule has 0 aliphatic carbocycles. The van der Waals surface area contributed by atoms with E-state index in [1.54, 1.807) is 0 Å². The van der Waals surface area contributed by atoms with Crippen LogP contribution in [0.1, 0.15) is 13.8 Å². The van der Waals surface area contributed by atoms with E-state index in [1.165, 1.54) is 13.8 Å². The monoisotopic (exact) mass is 261 g/mol. The molecule has 0 aliphatic heterocycles. The number of amides is 1. The molecule has 0 aromatic carbocycles. The van der Waals surface area contributed by atoms with E-state index in [0.29, 0.717) is 4.48 Å². The molecule has 0 heterocycles. The van der Waals surface area contributed by atoms with Crippen molar-refractivity contribution in [1.82, 2.24) is 5.32 Å². The first-order valence-corrected chi connectivity index (χ1v) is 4.67. The molecule has 5 heteroatoms. The van der Waals surface area contributed by atoms with Crippen LogP contribution in [0.5, 0.6) is 0 Å². The smallest absolute Gasteiger partial charge is 0.331 e. The number of rotatable bonds is 4. The fourth-order valence-electron chi connectivity index (χ4n) is 0.639. The summed E-state index contributed by atoms with van der Waals surface area (Å²) in [6, 6.07) is 0. The van der Waals surface area contributed by atoms with Crippen LogP contribution in [0.2, 0.25) is 0 Å². The molecule has 0 aliphatic rings. The molecule has 0 bridgehead atoms. The van der Waals surface area contributed by atoms with Crippen LogP contribution < -0.4 is 5.32 Å². The maximum atomic E-state index is 11.3. The van der Waals surface area contributed by atoms with Crippen molar-refractivity contribution < 1.29 is 14.7 Å². The largest absolute Gasteiger partial charge is 0.478 e. The third kappa shape index (κ3) is 4.23. The molecule has 0 saturated heterocycles. The number of carboxylic acid groups (broad SMARTS) is 1. The summed E-state index contributed by atoms with van der Waals surface area (Å²) in [5.41, 5.74) is 0.244. The summed E-state index contributed by atoms with van der Waals surface area (Å²) in [5, 5.41) is 11.1. The van der Waals surface area contributed by atoms with Crippen LogP contribution in [0, 0.1) is 0 Å². The van der Waals surface area contributed by atoms with Crippen LogP contribution in [-0.4, -0.2) is 23.5 Å². The highest BCUT2D eigenvalue weighted by atomic mass is 79.9. The zero-order valence-electron chi connectivity index (χ0n) is 8.06. The molecular formula is C9H12BrNO3. The molecule has 78 valence electrons. The average Bonchev–Trinajstić information content (AvgIpc) is 2.11. The lowest BCUT2D eigenvalue weighted by Crippen LogP contribution is -2.26. The standard InChI is InChI=1S/C9H12BrNO3/c1-5(10)4-11-8(12)6(2)7(3)9(13)14/h1,4H2,2-3H3,(H,11,12)(H,13,14). The van der Waals surface area contributed by atoms with Gasteiger partial charge in [-0.25, -0.2) is 4.79 Å². The lowest BCUT2D eigenvalue weighted by Gasteiger charge is -2.05. The topological polar surface area (TPSA) is 66.4 Å². The van der Waals surface area contributed by atoms with Crippen molar-refractivity contribution in [2.24, 2.45) is 0 Å². The molecule has 0 fully saturated rings. The minimum Gasteiger partial charge on any atom is -0.478 e. The van der Waals surface area contributed by atoms with E-state index in [4.69, 9.17) is 5.11 Å². The number of aliphatic carboxylic acids is 1. The Morgan fingerprint density at radius 3 is 2.21 bits per heavy atom. The van der Waals surface area contributed by atoms with Gasteiger partial charge >= 0.3 is 5.97 Å². The van der Waals surface area contributed by atoms with Gasteiger partial charge in [-0.15, -0.1) is 0 Å². The lowest BCUT2D eigenvalue weighted by atomic mass is 10.1. The Labute approximate surface area is 90.8 Å². The second kappa shape index (κ2) is 5.59. The van der Waals surface area contributed by atoms with Crippen LogP contribution >= 0.6 is 15.9 Å². The molecule has 0 aromatic heterocycles. The molecule has 14 heavy (non-hydrogen) atoms. The second-order valence-corrected chi connectivity index (χ2v) is 3.88. The van der Waals surface area contributed by atoms with E-state index in [0.717, 1.165) is 0 Å². The quantitative estimate of drug-likeness (QED) is 0.753. The lowest BCUT2D eigenvalue weighted by molar-refractivity contribution is -0.133. The first kappa shape index (κ1) is 12.9. The Morgan fingerprint density at radius 2 is 1.86 bits per heavy atom. The molecule has 0 saturated carbocycles. The fourth-order valence-corrected chi connectivity index (χ4v) is 0.780. The highest BCUT2D eigenvalue weighted by molar-refractivity contribution is 9.11. The summed E-state index contributed by atoms with van der Waals surface area (Å²) in [7, 11) is 0. The normalized spacial score (nSPS) is 11.6. The fraction of sp³-hybridized carbons (Fsp3) is 0.333. The highest BCUT2D eigenvalue weighted by Gasteiger charge is 2.11. The first-order valence-electron chi connectivity index (χ1n) is 3.88. The Hall–Kier alpha value is -1.10. The van der Waals surface area contributed by atoms with Gasteiger partial charge in [0, 0.05) is 22.2 Å². The van der Waals surface area contributed by atoms with Gasteiger partial charge in [-0.3, -0.25) is 4.79 Å². The van der Waals surface area contributed by atoms with Crippen molar-refractivity contribution in [3.05, 3.63) is 22.2 Å².